The first kappa shape index (κ1) is 18.7. The molecule has 144 valence electrons. The predicted molar refractivity (Wildman–Crippen MR) is 113 cm³/mol. The van der Waals surface area contributed by atoms with Crippen LogP contribution in [0.1, 0.15) is 26.5 Å². The van der Waals surface area contributed by atoms with Gasteiger partial charge in [0.2, 0.25) is 0 Å². The van der Waals surface area contributed by atoms with Crippen molar-refractivity contribution in [3.63, 3.8) is 0 Å². The summed E-state index contributed by atoms with van der Waals surface area (Å²) in [4.78, 5) is 12.7. The number of aryl methyl sites for hydroxylation is 2. The molecule has 4 aromatic rings. The second-order valence-corrected chi connectivity index (χ2v) is 7.22. The van der Waals surface area contributed by atoms with Crippen LogP contribution in [0.3, 0.4) is 0 Å². The number of amides is 1. The number of rotatable bonds is 5. The summed E-state index contributed by atoms with van der Waals surface area (Å²) in [5.74, 6) is -0.332. The number of benzene rings is 2. The summed E-state index contributed by atoms with van der Waals surface area (Å²) in [6, 6.07) is 18.0. The van der Waals surface area contributed by atoms with Gasteiger partial charge in [0.1, 0.15) is 10.6 Å². The molecule has 2 aromatic heterocycles. The standard InChI is InChI=1S/C21H18N6OS/c1-14-7-6-8-16(11-14)19-17(13-27(25-19)18-9-4-3-5-10-18)12-22-24-21(28)20-15(2)23-26-29-20/h3-13H,1-2H3,(H,24,28)/b22-12-. The first-order valence-corrected chi connectivity index (χ1v) is 9.73. The number of hydrogen-bond acceptors (Lipinski definition) is 6. The molecule has 1 N–H and O–H groups in total. The van der Waals surface area contributed by atoms with Crippen molar-refractivity contribution in [2.45, 2.75) is 13.8 Å². The number of para-hydroxylation sites is 1. The summed E-state index contributed by atoms with van der Waals surface area (Å²) >= 11 is 1.04. The molecule has 8 heteroatoms. The maximum Gasteiger partial charge on any atom is 0.285 e. The van der Waals surface area contributed by atoms with E-state index < -0.39 is 0 Å². The molecule has 1 amide bonds. The zero-order valence-corrected chi connectivity index (χ0v) is 16.7. The SMILES string of the molecule is Cc1cccc(-c2nn(-c3ccccc3)cc2/C=N\NC(=O)c2snnc2C)c1. The van der Waals surface area contributed by atoms with Crippen molar-refractivity contribution in [3.05, 3.63) is 82.5 Å². The Morgan fingerprint density at radius 1 is 1.14 bits per heavy atom. The molecule has 2 heterocycles. The molecule has 7 nitrogen and oxygen atoms in total. The molecule has 0 aliphatic rings. The number of nitrogens with one attached hydrogen (secondary N) is 1. The zero-order chi connectivity index (χ0) is 20.2. The lowest BCUT2D eigenvalue weighted by atomic mass is 10.1. The fourth-order valence-corrected chi connectivity index (χ4v) is 3.41. The van der Waals surface area contributed by atoms with Crippen LogP contribution in [0.5, 0.6) is 0 Å². The van der Waals surface area contributed by atoms with E-state index >= 15 is 0 Å². The Balaban J connectivity index is 1.66. The van der Waals surface area contributed by atoms with Gasteiger partial charge in [0, 0.05) is 17.3 Å². The highest BCUT2D eigenvalue weighted by Gasteiger charge is 2.13. The monoisotopic (exact) mass is 402 g/mol. The Bertz CT molecular complexity index is 1180. The maximum atomic E-state index is 12.2. The minimum Gasteiger partial charge on any atom is -0.266 e. The van der Waals surface area contributed by atoms with Gasteiger partial charge in [-0.25, -0.2) is 10.1 Å². The van der Waals surface area contributed by atoms with E-state index in [1.165, 1.54) is 0 Å². The summed E-state index contributed by atoms with van der Waals surface area (Å²) in [6.45, 7) is 3.78. The van der Waals surface area contributed by atoms with Crippen LogP contribution in [-0.2, 0) is 0 Å². The average Bonchev–Trinajstić information content (AvgIpc) is 3.35. The van der Waals surface area contributed by atoms with Gasteiger partial charge in [-0.15, -0.1) is 5.10 Å². The van der Waals surface area contributed by atoms with Crippen LogP contribution in [0.2, 0.25) is 0 Å². The van der Waals surface area contributed by atoms with Crippen LogP contribution in [0, 0.1) is 13.8 Å². The molecule has 0 atom stereocenters. The van der Waals surface area contributed by atoms with Gasteiger partial charge in [-0.3, -0.25) is 4.79 Å². The molecule has 0 spiro atoms. The van der Waals surface area contributed by atoms with Crippen molar-refractivity contribution in [2.75, 3.05) is 0 Å². The lowest BCUT2D eigenvalue weighted by Crippen LogP contribution is -2.17. The number of nitrogens with zero attached hydrogens (tertiary/aromatic N) is 5. The molecular weight excluding hydrogens is 384 g/mol. The molecule has 0 fully saturated rings. The molecule has 0 saturated heterocycles. The number of hydrazone groups is 1. The smallest absolute Gasteiger partial charge is 0.266 e. The van der Waals surface area contributed by atoms with Crippen molar-refractivity contribution in [3.8, 4) is 16.9 Å². The minimum absolute atomic E-state index is 0.332. The summed E-state index contributed by atoms with van der Waals surface area (Å²) in [7, 11) is 0. The highest BCUT2D eigenvalue weighted by atomic mass is 32.1. The van der Waals surface area contributed by atoms with Crippen molar-refractivity contribution in [1.82, 2.24) is 24.8 Å². The fraction of sp³-hybridized carbons (Fsp3) is 0.0952. The molecule has 0 radical (unpaired) electrons. The van der Waals surface area contributed by atoms with E-state index in [1.54, 1.807) is 17.8 Å². The molecule has 0 aliphatic carbocycles. The Labute approximate surface area is 171 Å². The Morgan fingerprint density at radius 3 is 2.69 bits per heavy atom. The molecule has 29 heavy (non-hydrogen) atoms. The van der Waals surface area contributed by atoms with E-state index in [0.29, 0.717) is 10.6 Å². The lowest BCUT2D eigenvalue weighted by Gasteiger charge is -2.01. The van der Waals surface area contributed by atoms with Gasteiger partial charge in [0.25, 0.3) is 5.91 Å². The van der Waals surface area contributed by atoms with Gasteiger partial charge in [-0.2, -0.15) is 10.2 Å². The Kier molecular flexibility index (Phi) is 5.26. The van der Waals surface area contributed by atoms with Crippen LogP contribution in [0.25, 0.3) is 16.9 Å². The van der Waals surface area contributed by atoms with Crippen LogP contribution < -0.4 is 5.43 Å². The largest absolute Gasteiger partial charge is 0.285 e. The molecule has 0 unspecified atom stereocenters. The molecular formula is C21H18N6OS. The number of aromatic nitrogens is 4. The Morgan fingerprint density at radius 2 is 1.97 bits per heavy atom. The van der Waals surface area contributed by atoms with Crippen LogP contribution in [0.15, 0.2) is 65.9 Å². The second kappa shape index (κ2) is 8.15. The van der Waals surface area contributed by atoms with Gasteiger partial charge >= 0.3 is 0 Å². The van der Waals surface area contributed by atoms with E-state index in [2.05, 4.69) is 26.2 Å². The molecule has 0 saturated carbocycles. The number of carbonyl (C=O) groups is 1. The van der Waals surface area contributed by atoms with Crippen LogP contribution >= 0.6 is 11.5 Å². The van der Waals surface area contributed by atoms with E-state index in [1.807, 2.05) is 61.7 Å². The molecule has 0 bridgehead atoms. The first-order valence-electron chi connectivity index (χ1n) is 8.96. The van der Waals surface area contributed by atoms with Gasteiger partial charge in [0.05, 0.1) is 17.6 Å². The van der Waals surface area contributed by atoms with E-state index in [9.17, 15) is 4.79 Å². The summed E-state index contributed by atoms with van der Waals surface area (Å²) in [5, 5.41) is 12.7. The second-order valence-electron chi connectivity index (χ2n) is 6.47. The molecule has 0 aliphatic heterocycles. The van der Waals surface area contributed by atoms with Gasteiger partial charge in [-0.05, 0) is 43.6 Å². The third-order valence-corrected chi connectivity index (χ3v) is 5.11. The average molecular weight is 402 g/mol. The topological polar surface area (TPSA) is 85.1 Å². The fourth-order valence-electron chi connectivity index (χ4n) is 2.86. The minimum atomic E-state index is -0.332. The lowest BCUT2D eigenvalue weighted by molar-refractivity contribution is 0.0958. The van der Waals surface area contributed by atoms with Crippen molar-refractivity contribution >= 4 is 23.7 Å². The van der Waals surface area contributed by atoms with Crippen molar-refractivity contribution in [2.24, 2.45) is 5.10 Å². The third-order valence-electron chi connectivity index (χ3n) is 4.28. The van der Waals surface area contributed by atoms with Crippen molar-refractivity contribution in [1.29, 1.82) is 0 Å². The van der Waals surface area contributed by atoms with Gasteiger partial charge in [-0.1, -0.05) is 46.4 Å². The summed E-state index contributed by atoms with van der Waals surface area (Å²) < 4.78 is 5.58. The number of hydrogen-bond donors (Lipinski definition) is 1. The van der Waals surface area contributed by atoms with Crippen LogP contribution in [0.4, 0.5) is 0 Å². The van der Waals surface area contributed by atoms with Crippen molar-refractivity contribution < 1.29 is 4.79 Å². The van der Waals surface area contributed by atoms with Crippen LogP contribution in [-0.4, -0.2) is 31.5 Å². The van der Waals surface area contributed by atoms with E-state index in [4.69, 9.17) is 5.10 Å². The maximum absolute atomic E-state index is 12.2. The van der Waals surface area contributed by atoms with E-state index in [-0.39, 0.29) is 5.91 Å². The molecule has 2 aromatic carbocycles. The summed E-state index contributed by atoms with van der Waals surface area (Å²) in [6.07, 6.45) is 3.49. The predicted octanol–water partition coefficient (Wildman–Crippen LogP) is 3.77. The summed E-state index contributed by atoms with van der Waals surface area (Å²) in [5.41, 5.74) is 7.76. The highest BCUT2D eigenvalue weighted by molar-refractivity contribution is 7.07. The third kappa shape index (κ3) is 4.12. The Hall–Kier alpha value is -3.65. The number of carbonyl (C=O) groups excluding carboxylic acids is 1. The molecule has 4 rings (SSSR count). The zero-order valence-electron chi connectivity index (χ0n) is 15.9. The normalized spacial score (nSPS) is 11.1. The van der Waals surface area contributed by atoms with Gasteiger partial charge < -0.3 is 0 Å². The van der Waals surface area contributed by atoms with Gasteiger partial charge in [0.15, 0.2) is 0 Å². The van der Waals surface area contributed by atoms with E-state index in [0.717, 1.165) is 39.6 Å². The quantitative estimate of drug-likeness (QED) is 0.407. The highest BCUT2D eigenvalue weighted by Crippen LogP contribution is 2.23. The first-order chi connectivity index (χ1) is 14.1.